The molecule has 0 unspecified atom stereocenters. The summed E-state index contributed by atoms with van der Waals surface area (Å²) in [7, 11) is 3.13. The number of imidazole rings is 1. The third-order valence-electron chi connectivity index (χ3n) is 3.70. The maximum atomic E-state index is 12.3. The van der Waals surface area contributed by atoms with Gasteiger partial charge in [0.2, 0.25) is 5.91 Å². The molecule has 6 nitrogen and oxygen atoms in total. The molecular formula is C18H19N3O3. The normalized spacial score (nSPS) is 10.6. The Labute approximate surface area is 139 Å². The molecule has 24 heavy (non-hydrogen) atoms. The molecule has 0 saturated carbocycles. The van der Waals surface area contributed by atoms with Crippen LogP contribution in [0.2, 0.25) is 0 Å². The molecule has 2 N–H and O–H groups in total. The van der Waals surface area contributed by atoms with Crippen LogP contribution >= 0.6 is 0 Å². The van der Waals surface area contributed by atoms with E-state index in [0.717, 1.165) is 22.4 Å². The van der Waals surface area contributed by atoms with Crippen molar-refractivity contribution in [3.8, 4) is 11.5 Å². The molecule has 6 heteroatoms. The molecule has 0 aliphatic heterocycles. The highest BCUT2D eigenvalue weighted by molar-refractivity contribution is 5.93. The van der Waals surface area contributed by atoms with Gasteiger partial charge in [-0.3, -0.25) is 4.79 Å². The van der Waals surface area contributed by atoms with E-state index in [4.69, 9.17) is 9.47 Å². The summed E-state index contributed by atoms with van der Waals surface area (Å²) < 4.78 is 10.4. The number of hydrogen-bond donors (Lipinski definition) is 2. The monoisotopic (exact) mass is 325 g/mol. The van der Waals surface area contributed by atoms with Crippen molar-refractivity contribution in [2.24, 2.45) is 0 Å². The topological polar surface area (TPSA) is 76.2 Å². The molecule has 2 aromatic carbocycles. The van der Waals surface area contributed by atoms with Gasteiger partial charge in [0.05, 0.1) is 31.7 Å². The summed E-state index contributed by atoms with van der Waals surface area (Å²) in [6, 6.07) is 11.0. The summed E-state index contributed by atoms with van der Waals surface area (Å²) in [6.07, 6.45) is 0.280. The van der Waals surface area contributed by atoms with Gasteiger partial charge in [-0.15, -0.1) is 0 Å². The van der Waals surface area contributed by atoms with Crippen molar-refractivity contribution < 1.29 is 14.3 Å². The zero-order valence-corrected chi connectivity index (χ0v) is 13.8. The van der Waals surface area contributed by atoms with Crippen LogP contribution in [0.3, 0.4) is 0 Å². The third-order valence-corrected chi connectivity index (χ3v) is 3.70. The van der Waals surface area contributed by atoms with Crippen LogP contribution in [-0.4, -0.2) is 30.1 Å². The van der Waals surface area contributed by atoms with Crippen molar-refractivity contribution in [3.05, 3.63) is 47.8 Å². The first-order valence-electron chi connectivity index (χ1n) is 7.56. The van der Waals surface area contributed by atoms with Gasteiger partial charge in [-0.25, -0.2) is 4.98 Å². The van der Waals surface area contributed by atoms with E-state index in [1.165, 1.54) is 0 Å². The van der Waals surface area contributed by atoms with Crippen LogP contribution in [-0.2, 0) is 11.2 Å². The largest absolute Gasteiger partial charge is 0.493 e. The van der Waals surface area contributed by atoms with Gasteiger partial charge in [-0.2, -0.15) is 0 Å². The second-order valence-electron chi connectivity index (χ2n) is 5.47. The number of amides is 1. The Morgan fingerprint density at radius 3 is 2.67 bits per heavy atom. The predicted octanol–water partition coefficient (Wildman–Crippen LogP) is 3.07. The molecule has 0 atom stereocenters. The molecule has 0 aliphatic carbocycles. The fraction of sp³-hybridized carbons (Fsp3) is 0.222. The molecule has 3 aromatic rings. The number of anilines is 1. The molecule has 0 spiro atoms. The minimum absolute atomic E-state index is 0.0993. The van der Waals surface area contributed by atoms with E-state index in [-0.39, 0.29) is 12.3 Å². The Bertz CT molecular complexity index is 886. The first kappa shape index (κ1) is 15.9. The van der Waals surface area contributed by atoms with Gasteiger partial charge in [0.25, 0.3) is 0 Å². The van der Waals surface area contributed by atoms with Crippen LogP contribution in [0.15, 0.2) is 36.4 Å². The van der Waals surface area contributed by atoms with E-state index < -0.39 is 0 Å². The summed E-state index contributed by atoms with van der Waals surface area (Å²) in [4.78, 5) is 19.8. The number of carbonyl (C=O) groups is 1. The zero-order chi connectivity index (χ0) is 17.1. The first-order chi connectivity index (χ1) is 11.6. The number of H-pyrrole nitrogens is 1. The van der Waals surface area contributed by atoms with Crippen molar-refractivity contribution in [2.45, 2.75) is 13.3 Å². The molecule has 3 rings (SSSR count). The number of methoxy groups -OCH3 is 2. The SMILES string of the molecule is COc1ccc(NC(=O)Cc2ccc3nc(C)[nH]c3c2)cc1OC. The number of carbonyl (C=O) groups excluding carboxylic acids is 1. The summed E-state index contributed by atoms with van der Waals surface area (Å²) in [6.45, 7) is 1.91. The lowest BCUT2D eigenvalue weighted by atomic mass is 10.1. The molecule has 124 valence electrons. The van der Waals surface area contributed by atoms with Crippen molar-refractivity contribution >= 4 is 22.6 Å². The second kappa shape index (κ2) is 6.62. The number of nitrogens with one attached hydrogen (secondary N) is 2. The number of nitrogens with zero attached hydrogens (tertiary/aromatic N) is 1. The second-order valence-corrected chi connectivity index (χ2v) is 5.47. The Morgan fingerprint density at radius 2 is 1.92 bits per heavy atom. The van der Waals surface area contributed by atoms with Gasteiger partial charge >= 0.3 is 0 Å². The zero-order valence-electron chi connectivity index (χ0n) is 13.8. The number of benzene rings is 2. The van der Waals surface area contributed by atoms with Crippen molar-refractivity contribution in [1.29, 1.82) is 0 Å². The lowest BCUT2D eigenvalue weighted by Crippen LogP contribution is -2.14. The van der Waals surface area contributed by atoms with Gasteiger partial charge < -0.3 is 19.8 Å². The molecule has 0 bridgehead atoms. The van der Waals surface area contributed by atoms with Gasteiger partial charge in [-0.1, -0.05) is 6.07 Å². The number of hydrogen-bond acceptors (Lipinski definition) is 4. The lowest BCUT2D eigenvalue weighted by Gasteiger charge is -2.10. The van der Waals surface area contributed by atoms with Crippen LogP contribution in [0.5, 0.6) is 11.5 Å². The predicted molar refractivity (Wildman–Crippen MR) is 92.7 cm³/mol. The number of fused-ring (bicyclic) bond motifs is 1. The summed E-state index contributed by atoms with van der Waals surface area (Å²) >= 11 is 0. The smallest absolute Gasteiger partial charge is 0.228 e. The van der Waals surface area contributed by atoms with E-state index in [1.54, 1.807) is 32.4 Å². The average molecular weight is 325 g/mol. The van der Waals surface area contributed by atoms with Crippen molar-refractivity contribution in [2.75, 3.05) is 19.5 Å². The number of aryl methyl sites for hydroxylation is 1. The standard InChI is InChI=1S/C18H19N3O3/c1-11-19-14-6-4-12(8-15(14)20-11)9-18(22)21-13-5-7-16(23-2)17(10-13)24-3/h4-8,10H,9H2,1-3H3,(H,19,20)(H,21,22). The van der Waals surface area contributed by atoms with Crippen LogP contribution in [0.25, 0.3) is 11.0 Å². The Hall–Kier alpha value is -3.02. The van der Waals surface area contributed by atoms with Crippen LogP contribution < -0.4 is 14.8 Å². The van der Waals surface area contributed by atoms with E-state index >= 15 is 0 Å². The van der Waals surface area contributed by atoms with Gasteiger partial charge in [-0.05, 0) is 36.8 Å². The minimum atomic E-state index is -0.0993. The van der Waals surface area contributed by atoms with E-state index in [9.17, 15) is 4.79 Å². The maximum Gasteiger partial charge on any atom is 0.228 e. The lowest BCUT2D eigenvalue weighted by molar-refractivity contribution is -0.115. The number of aromatic amines is 1. The molecule has 1 amide bonds. The molecule has 1 aromatic heterocycles. The first-order valence-corrected chi connectivity index (χ1v) is 7.56. The Balaban J connectivity index is 1.72. The van der Waals surface area contributed by atoms with Crippen LogP contribution in [0.1, 0.15) is 11.4 Å². The van der Waals surface area contributed by atoms with Crippen molar-refractivity contribution in [1.82, 2.24) is 9.97 Å². The Morgan fingerprint density at radius 1 is 1.12 bits per heavy atom. The van der Waals surface area contributed by atoms with Gasteiger partial charge in [0, 0.05) is 11.8 Å². The summed E-state index contributed by atoms with van der Waals surface area (Å²) in [5.41, 5.74) is 3.42. The molecule has 1 heterocycles. The fourth-order valence-corrected chi connectivity index (χ4v) is 2.60. The van der Waals surface area contributed by atoms with Gasteiger partial charge in [0.15, 0.2) is 11.5 Å². The minimum Gasteiger partial charge on any atom is -0.493 e. The summed E-state index contributed by atoms with van der Waals surface area (Å²) in [5.74, 6) is 1.95. The highest BCUT2D eigenvalue weighted by atomic mass is 16.5. The molecule has 0 saturated heterocycles. The quantitative estimate of drug-likeness (QED) is 0.756. The van der Waals surface area contributed by atoms with Gasteiger partial charge in [0.1, 0.15) is 5.82 Å². The van der Waals surface area contributed by atoms with Crippen LogP contribution in [0.4, 0.5) is 5.69 Å². The van der Waals surface area contributed by atoms with Crippen molar-refractivity contribution in [3.63, 3.8) is 0 Å². The Kier molecular flexibility index (Phi) is 4.37. The highest BCUT2D eigenvalue weighted by Gasteiger charge is 2.09. The molecule has 0 fully saturated rings. The number of rotatable bonds is 5. The average Bonchev–Trinajstić information content (AvgIpc) is 2.93. The van der Waals surface area contributed by atoms with E-state index in [1.807, 2.05) is 25.1 Å². The fourth-order valence-electron chi connectivity index (χ4n) is 2.60. The van der Waals surface area contributed by atoms with Crippen LogP contribution in [0, 0.1) is 6.92 Å². The number of ether oxygens (including phenoxy) is 2. The third kappa shape index (κ3) is 3.32. The highest BCUT2D eigenvalue weighted by Crippen LogP contribution is 2.29. The molecule has 0 radical (unpaired) electrons. The summed E-state index contributed by atoms with van der Waals surface area (Å²) in [5, 5.41) is 2.87. The molecular weight excluding hydrogens is 306 g/mol. The van der Waals surface area contributed by atoms with E-state index in [0.29, 0.717) is 17.2 Å². The molecule has 0 aliphatic rings. The van der Waals surface area contributed by atoms with E-state index in [2.05, 4.69) is 15.3 Å². The maximum absolute atomic E-state index is 12.3. The number of aromatic nitrogens is 2.